The minimum absolute atomic E-state index is 0.174. The molecule has 0 saturated carbocycles. The van der Waals surface area contributed by atoms with Crippen LogP contribution in [0.3, 0.4) is 0 Å². The van der Waals surface area contributed by atoms with Gasteiger partial charge < -0.3 is 4.74 Å². The minimum Gasteiger partial charge on any atom is -0.487 e. The first-order chi connectivity index (χ1) is 14.8. The van der Waals surface area contributed by atoms with Crippen LogP contribution in [0.1, 0.15) is 16.8 Å². The molecule has 0 fully saturated rings. The molecule has 6 nitrogen and oxygen atoms in total. The summed E-state index contributed by atoms with van der Waals surface area (Å²) < 4.78 is 7.47. The van der Waals surface area contributed by atoms with Crippen molar-refractivity contribution in [1.29, 1.82) is 0 Å². The first-order valence-corrected chi connectivity index (χ1v) is 10.7. The van der Waals surface area contributed by atoms with Crippen molar-refractivity contribution < 1.29 is 4.74 Å². The van der Waals surface area contributed by atoms with Crippen molar-refractivity contribution in [2.24, 2.45) is 0 Å². The van der Waals surface area contributed by atoms with E-state index < -0.39 is 0 Å². The standard InChI is InChI=1S/C23H22N4O2S/c28-22-25-26-23(27(22)15-13-18-6-2-1-3-7-18)30-17-19-9-11-21(12-10-19)29-16-20-8-4-5-14-24-20/h1-12,14H,13,15-17H2,(H,25,28). The number of benzene rings is 2. The number of rotatable bonds is 9. The van der Waals surface area contributed by atoms with Crippen LogP contribution in [-0.2, 0) is 25.3 Å². The molecular formula is C23H22N4O2S. The number of aromatic nitrogens is 4. The minimum atomic E-state index is -0.174. The molecule has 30 heavy (non-hydrogen) atoms. The quantitative estimate of drug-likeness (QED) is 0.415. The zero-order valence-electron chi connectivity index (χ0n) is 16.4. The van der Waals surface area contributed by atoms with Gasteiger partial charge in [-0.25, -0.2) is 9.89 Å². The third-order valence-electron chi connectivity index (χ3n) is 4.59. The maximum atomic E-state index is 12.1. The molecule has 2 aromatic carbocycles. The van der Waals surface area contributed by atoms with Crippen molar-refractivity contribution >= 4 is 11.8 Å². The van der Waals surface area contributed by atoms with Crippen molar-refractivity contribution in [1.82, 2.24) is 19.7 Å². The van der Waals surface area contributed by atoms with E-state index in [0.29, 0.717) is 18.3 Å². The predicted molar refractivity (Wildman–Crippen MR) is 118 cm³/mol. The van der Waals surface area contributed by atoms with Crippen molar-refractivity contribution in [3.63, 3.8) is 0 Å². The first kappa shape index (κ1) is 20.0. The van der Waals surface area contributed by atoms with Crippen LogP contribution >= 0.6 is 11.8 Å². The van der Waals surface area contributed by atoms with Gasteiger partial charge in [0, 0.05) is 18.5 Å². The third kappa shape index (κ3) is 5.39. The molecule has 0 radical (unpaired) electrons. The molecule has 0 bridgehead atoms. The lowest BCUT2D eigenvalue weighted by Gasteiger charge is -2.08. The summed E-state index contributed by atoms with van der Waals surface area (Å²) in [5.74, 6) is 1.52. The number of aryl methyl sites for hydroxylation is 1. The number of pyridine rings is 1. The maximum absolute atomic E-state index is 12.1. The fourth-order valence-electron chi connectivity index (χ4n) is 2.97. The van der Waals surface area contributed by atoms with Crippen molar-refractivity contribution in [3.05, 3.63) is 106 Å². The van der Waals surface area contributed by atoms with Gasteiger partial charge in [-0.2, -0.15) is 0 Å². The van der Waals surface area contributed by atoms with Gasteiger partial charge in [0.05, 0.1) is 5.69 Å². The lowest BCUT2D eigenvalue weighted by atomic mass is 10.1. The molecule has 0 saturated heterocycles. The van der Waals surface area contributed by atoms with E-state index in [0.717, 1.165) is 29.2 Å². The average Bonchev–Trinajstić information content (AvgIpc) is 3.16. The molecule has 152 valence electrons. The highest BCUT2D eigenvalue weighted by atomic mass is 32.2. The molecule has 1 N–H and O–H groups in total. The van der Waals surface area contributed by atoms with Gasteiger partial charge in [0.25, 0.3) is 0 Å². The monoisotopic (exact) mass is 418 g/mol. The number of nitrogens with zero attached hydrogens (tertiary/aromatic N) is 3. The number of ether oxygens (including phenoxy) is 1. The largest absolute Gasteiger partial charge is 0.487 e. The summed E-state index contributed by atoms with van der Waals surface area (Å²) in [6, 6.07) is 23.9. The lowest BCUT2D eigenvalue weighted by Crippen LogP contribution is -2.18. The van der Waals surface area contributed by atoms with Gasteiger partial charge in [0.15, 0.2) is 5.16 Å². The Morgan fingerprint density at radius 2 is 1.73 bits per heavy atom. The Morgan fingerprint density at radius 1 is 0.933 bits per heavy atom. The van der Waals surface area contributed by atoms with E-state index in [9.17, 15) is 4.79 Å². The Bertz CT molecular complexity index is 1110. The van der Waals surface area contributed by atoms with E-state index in [1.54, 1.807) is 22.5 Å². The van der Waals surface area contributed by atoms with E-state index in [2.05, 4.69) is 27.3 Å². The number of aromatic amines is 1. The summed E-state index contributed by atoms with van der Waals surface area (Å²) in [5.41, 5.74) is 3.05. The molecule has 0 atom stereocenters. The van der Waals surface area contributed by atoms with Crippen LogP contribution in [0.25, 0.3) is 0 Å². The normalized spacial score (nSPS) is 10.8. The average molecular weight is 419 g/mol. The summed E-state index contributed by atoms with van der Waals surface area (Å²) in [5, 5.41) is 7.44. The molecule has 0 amide bonds. The third-order valence-corrected chi connectivity index (χ3v) is 5.64. The molecule has 0 aliphatic rings. The molecule has 4 aromatic rings. The van der Waals surface area contributed by atoms with Crippen molar-refractivity contribution in [2.75, 3.05) is 0 Å². The molecule has 0 aliphatic carbocycles. The number of hydrogen-bond donors (Lipinski definition) is 1. The van der Waals surface area contributed by atoms with E-state index >= 15 is 0 Å². The van der Waals surface area contributed by atoms with Crippen LogP contribution in [0.4, 0.5) is 0 Å². The molecule has 0 aliphatic heterocycles. The van der Waals surface area contributed by atoms with Gasteiger partial charge in [-0.15, -0.1) is 5.10 Å². The second kappa shape index (κ2) is 9.93. The Morgan fingerprint density at radius 3 is 2.50 bits per heavy atom. The summed E-state index contributed by atoms with van der Waals surface area (Å²) in [6.07, 6.45) is 2.55. The van der Waals surface area contributed by atoms with E-state index in [4.69, 9.17) is 4.74 Å². The molecule has 2 aromatic heterocycles. The Hall–Kier alpha value is -3.32. The highest BCUT2D eigenvalue weighted by Gasteiger charge is 2.09. The fraction of sp³-hybridized carbons (Fsp3) is 0.174. The fourth-order valence-corrected chi connectivity index (χ4v) is 3.90. The Balaban J connectivity index is 1.32. The molecule has 0 spiro atoms. The number of hydrogen-bond acceptors (Lipinski definition) is 5. The summed E-state index contributed by atoms with van der Waals surface area (Å²) in [4.78, 5) is 16.4. The number of nitrogens with one attached hydrogen (secondary N) is 1. The highest BCUT2D eigenvalue weighted by molar-refractivity contribution is 7.98. The summed E-state index contributed by atoms with van der Waals surface area (Å²) in [6.45, 7) is 1.04. The molecule has 2 heterocycles. The van der Waals surface area contributed by atoms with Crippen molar-refractivity contribution in [2.45, 2.75) is 30.5 Å². The zero-order valence-corrected chi connectivity index (χ0v) is 17.2. The van der Waals surface area contributed by atoms with Crippen LogP contribution < -0.4 is 10.4 Å². The Labute approximate surface area is 179 Å². The van der Waals surface area contributed by atoms with Gasteiger partial charge in [-0.1, -0.05) is 60.3 Å². The van der Waals surface area contributed by atoms with Gasteiger partial charge in [0.2, 0.25) is 0 Å². The zero-order chi connectivity index (χ0) is 20.6. The Kier molecular flexibility index (Phi) is 6.61. The smallest absolute Gasteiger partial charge is 0.343 e. The molecular weight excluding hydrogens is 396 g/mol. The van der Waals surface area contributed by atoms with Gasteiger partial charge in [-0.3, -0.25) is 9.55 Å². The van der Waals surface area contributed by atoms with Gasteiger partial charge in [-0.05, 0) is 41.8 Å². The van der Waals surface area contributed by atoms with Crippen LogP contribution in [0.5, 0.6) is 5.75 Å². The van der Waals surface area contributed by atoms with Crippen LogP contribution in [0, 0.1) is 0 Å². The second-order valence-electron chi connectivity index (χ2n) is 6.74. The molecule has 0 unspecified atom stereocenters. The molecule has 4 rings (SSSR count). The van der Waals surface area contributed by atoms with Gasteiger partial charge in [0.1, 0.15) is 12.4 Å². The summed E-state index contributed by atoms with van der Waals surface area (Å²) >= 11 is 1.54. The van der Waals surface area contributed by atoms with E-state index in [1.807, 2.05) is 60.7 Å². The summed E-state index contributed by atoms with van der Waals surface area (Å²) in [7, 11) is 0. The van der Waals surface area contributed by atoms with E-state index in [1.165, 1.54) is 5.56 Å². The topological polar surface area (TPSA) is 72.8 Å². The second-order valence-corrected chi connectivity index (χ2v) is 7.68. The number of thioether (sulfide) groups is 1. The van der Waals surface area contributed by atoms with Crippen LogP contribution in [0.15, 0.2) is 88.9 Å². The lowest BCUT2D eigenvalue weighted by molar-refractivity contribution is 0.301. The predicted octanol–water partition coefficient (Wildman–Crippen LogP) is 4.08. The van der Waals surface area contributed by atoms with E-state index in [-0.39, 0.29) is 5.69 Å². The maximum Gasteiger partial charge on any atom is 0.343 e. The van der Waals surface area contributed by atoms with Gasteiger partial charge >= 0.3 is 5.69 Å². The highest BCUT2D eigenvalue weighted by Crippen LogP contribution is 2.22. The SMILES string of the molecule is O=c1[nH]nc(SCc2ccc(OCc3ccccn3)cc2)n1CCc1ccccc1. The van der Waals surface area contributed by atoms with Crippen LogP contribution in [0.2, 0.25) is 0 Å². The number of H-pyrrole nitrogens is 1. The van der Waals surface area contributed by atoms with Crippen molar-refractivity contribution in [3.8, 4) is 5.75 Å². The van der Waals surface area contributed by atoms with Crippen LogP contribution in [-0.4, -0.2) is 19.7 Å². The molecule has 7 heteroatoms. The first-order valence-electron chi connectivity index (χ1n) is 9.71.